The van der Waals surface area contributed by atoms with Crippen molar-refractivity contribution in [2.45, 2.75) is 44.8 Å². The van der Waals surface area contributed by atoms with E-state index in [1.165, 1.54) is 11.1 Å². The maximum Gasteiger partial charge on any atom is 0.271 e. The van der Waals surface area contributed by atoms with Gasteiger partial charge in [-0.1, -0.05) is 24.3 Å². The maximum absolute atomic E-state index is 12.5. The van der Waals surface area contributed by atoms with Gasteiger partial charge in [0, 0.05) is 38.4 Å². The number of nitrogens with zero attached hydrogens (tertiary/aromatic N) is 3. The molecule has 6 heteroatoms. The first kappa shape index (κ1) is 18.2. The average Bonchev–Trinajstić information content (AvgIpc) is 3.22. The predicted octanol–water partition coefficient (Wildman–Crippen LogP) is 1.98. The number of hydrogen-bond acceptors (Lipinski definition) is 4. The molecule has 1 aromatic heterocycles. The van der Waals surface area contributed by atoms with Gasteiger partial charge in [-0.2, -0.15) is 5.10 Å². The summed E-state index contributed by atoms with van der Waals surface area (Å²) in [6.07, 6.45) is 5.28. The van der Waals surface area contributed by atoms with Crippen molar-refractivity contribution in [3.8, 4) is 0 Å². The Hall–Kier alpha value is -2.18. The van der Waals surface area contributed by atoms with E-state index in [9.17, 15) is 4.79 Å². The number of piperidine rings is 1. The molecule has 3 heterocycles. The Morgan fingerprint density at radius 2 is 2.19 bits per heavy atom. The van der Waals surface area contributed by atoms with Gasteiger partial charge in [0.05, 0.1) is 6.04 Å². The molecule has 4 rings (SSSR count). The van der Waals surface area contributed by atoms with Gasteiger partial charge in [-0.3, -0.25) is 14.4 Å². The molecule has 0 aliphatic carbocycles. The van der Waals surface area contributed by atoms with E-state index in [1.807, 2.05) is 16.9 Å². The van der Waals surface area contributed by atoms with Crippen LogP contribution in [0.2, 0.25) is 0 Å². The molecule has 2 unspecified atom stereocenters. The minimum atomic E-state index is -0.0817. The molecule has 2 aliphatic rings. The minimum absolute atomic E-state index is 0.0817. The molecule has 2 aliphatic heterocycles. The highest BCUT2D eigenvalue weighted by Crippen LogP contribution is 2.20. The van der Waals surface area contributed by atoms with E-state index in [-0.39, 0.29) is 5.91 Å². The normalized spacial score (nSPS) is 21.4. The molecule has 1 amide bonds. The van der Waals surface area contributed by atoms with Crippen LogP contribution in [0.3, 0.4) is 0 Å². The van der Waals surface area contributed by atoms with Crippen LogP contribution in [0.25, 0.3) is 0 Å². The van der Waals surface area contributed by atoms with Gasteiger partial charge in [0.2, 0.25) is 0 Å². The number of nitrogens with one attached hydrogen (secondary N) is 2. The first-order valence-electron chi connectivity index (χ1n) is 10.1. The molecule has 1 aromatic carbocycles. The topological polar surface area (TPSA) is 62.2 Å². The van der Waals surface area contributed by atoms with Gasteiger partial charge in [0.1, 0.15) is 5.69 Å². The number of carbonyl (C=O) groups is 1. The molecule has 0 spiro atoms. The summed E-state index contributed by atoms with van der Waals surface area (Å²) < 4.78 is 1.94. The number of fused-ring (bicyclic) bond motifs is 1. The zero-order valence-electron chi connectivity index (χ0n) is 16.0. The van der Waals surface area contributed by atoms with Crippen LogP contribution in [0.15, 0.2) is 36.5 Å². The fraction of sp³-hybridized carbons (Fsp3) is 0.524. The fourth-order valence-corrected chi connectivity index (χ4v) is 4.08. The maximum atomic E-state index is 12.5. The smallest absolute Gasteiger partial charge is 0.271 e. The summed E-state index contributed by atoms with van der Waals surface area (Å²) in [6, 6.07) is 11.1. The number of carbonyl (C=O) groups excluding carboxylic acids is 1. The van der Waals surface area contributed by atoms with E-state index in [0.29, 0.717) is 24.3 Å². The van der Waals surface area contributed by atoms with Crippen molar-refractivity contribution in [1.82, 2.24) is 25.3 Å². The summed E-state index contributed by atoms with van der Waals surface area (Å²) in [4.78, 5) is 14.9. The summed E-state index contributed by atoms with van der Waals surface area (Å²) in [7, 11) is 0. The van der Waals surface area contributed by atoms with Crippen molar-refractivity contribution in [2.75, 3.05) is 26.2 Å². The molecule has 1 fully saturated rings. The second-order valence-electron chi connectivity index (χ2n) is 7.73. The minimum Gasteiger partial charge on any atom is -0.349 e. The van der Waals surface area contributed by atoms with Crippen LogP contribution in [0, 0.1) is 0 Å². The molecule has 0 saturated carbocycles. The van der Waals surface area contributed by atoms with Crippen LogP contribution >= 0.6 is 0 Å². The molecule has 6 nitrogen and oxygen atoms in total. The van der Waals surface area contributed by atoms with Gasteiger partial charge < -0.3 is 10.6 Å². The van der Waals surface area contributed by atoms with Crippen molar-refractivity contribution >= 4 is 5.91 Å². The van der Waals surface area contributed by atoms with Gasteiger partial charge in [0.15, 0.2) is 0 Å². The van der Waals surface area contributed by atoms with Crippen molar-refractivity contribution < 1.29 is 4.79 Å². The summed E-state index contributed by atoms with van der Waals surface area (Å²) >= 11 is 0. The third-order valence-electron chi connectivity index (χ3n) is 5.83. The lowest BCUT2D eigenvalue weighted by Crippen LogP contribution is -2.44. The van der Waals surface area contributed by atoms with Crippen molar-refractivity contribution in [3.63, 3.8) is 0 Å². The standard InChI is InChI=1S/C21H29N5O/c1-16(25-11-8-17-5-2-3-6-18(17)15-25)13-23-21(27)20-9-12-26(24-20)19-7-4-10-22-14-19/h2-3,5-6,9,12,16,19,22H,4,7-8,10-11,13-15H2,1H3,(H,23,27). The summed E-state index contributed by atoms with van der Waals surface area (Å²) in [5.41, 5.74) is 3.37. The summed E-state index contributed by atoms with van der Waals surface area (Å²) in [6.45, 7) is 6.81. The van der Waals surface area contributed by atoms with Gasteiger partial charge in [-0.25, -0.2) is 0 Å². The first-order chi connectivity index (χ1) is 13.2. The van der Waals surface area contributed by atoms with Crippen molar-refractivity contribution in [1.29, 1.82) is 0 Å². The highest BCUT2D eigenvalue weighted by atomic mass is 16.1. The van der Waals surface area contributed by atoms with Crippen LogP contribution in [0.1, 0.15) is 47.4 Å². The largest absolute Gasteiger partial charge is 0.349 e. The molecule has 0 bridgehead atoms. The summed E-state index contributed by atoms with van der Waals surface area (Å²) in [5.74, 6) is -0.0817. The monoisotopic (exact) mass is 367 g/mol. The lowest BCUT2D eigenvalue weighted by Gasteiger charge is -2.33. The first-order valence-corrected chi connectivity index (χ1v) is 10.1. The SMILES string of the molecule is CC(CNC(=O)c1ccn(C2CCCNC2)n1)N1CCc2ccccc2C1. The van der Waals surface area contributed by atoms with Gasteiger partial charge in [-0.15, -0.1) is 0 Å². The Balaban J connectivity index is 1.29. The Morgan fingerprint density at radius 1 is 1.33 bits per heavy atom. The Bertz CT molecular complexity index is 780. The molecule has 2 atom stereocenters. The highest BCUT2D eigenvalue weighted by molar-refractivity contribution is 5.92. The predicted molar refractivity (Wildman–Crippen MR) is 106 cm³/mol. The molecule has 2 N–H and O–H groups in total. The molecule has 0 radical (unpaired) electrons. The van der Waals surface area contributed by atoms with E-state index in [0.717, 1.165) is 45.4 Å². The van der Waals surface area contributed by atoms with Crippen LogP contribution < -0.4 is 10.6 Å². The van der Waals surface area contributed by atoms with Gasteiger partial charge >= 0.3 is 0 Å². The third kappa shape index (κ3) is 4.22. The lowest BCUT2D eigenvalue weighted by molar-refractivity contribution is 0.0926. The fourth-order valence-electron chi connectivity index (χ4n) is 4.08. The molecule has 1 saturated heterocycles. The van der Waals surface area contributed by atoms with Crippen LogP contribution in [0.4, 0.5) is 0 Å². The van der Waals surface area contributed by atoms with E-state index < -0.39 is 0 Å². The van der Waals surface area contributed by atoms with Crippen LogP contribution in [-0.2, 0) is 13.0 Å². The average molecular weight is 367 g/mol. The molecular weight excluding hydrogens is 338 g/mol. The van der Waals surface area contributed by atoms with E-state index in [1.54, 1.807) is 0 Å². The van der Waals surface area contributed by atoms with Crippen LogP contribution in [0.5, 0.6) is 0 Å². The zero-order valence-corrected chi connectivity index (χ0v) is 16.0. The third-order valence-corrected chi connectivity index (χ3v) is 5.83. The molecular formula is C21H29N5O. The van der Waals surface area contributed by atoms with Crippen molar-refractivity contribution in [3.05, 3.63) is 53.3 Å². The number of amides is 1. The number of benzene rings is 1. The number of rotatable bonds is 5. The van der Waals surface area contributed by atoms with E-state index in [4.69, 9.17) is 0 Å². The quantitative estimate of drug-likeness (QED) is 0.848. The second-order valence-corrected chi connectivity index (χ2v) is 7.73. The van der Waals surface area contributed by atoms with E-state index in [2.05, 4.69) is 51.8 Å². The summed E-state index contributed by atoms with van der Waals surface area (Å²) in [5, 5.41) is 11.0. The van der Waals surface area contributed by atoms with Crippen LogP contribution in [-0.4, -0.2) is 52.8 Å². The zero-order chi connectivity index (χ0) is 18.6. The Kier molecular flexibility index (Phi) is 5.55. The molecule has 27 heavy (non-hydrogen) atoms. The molecule has 144 valence electrons. The Labute approximate surface area is 160 Å². The lowest BCUT2D eigenvalue weighted by atomic mass is 9.99. The van der Waals surface area contributed by atoms with Crippen molar-refractivity contribution in [2.24, 2.45) is 0 Å². The number of hydrogen-bond donors (Lipinski definition) is 2. The second kappa shape index (κ2) is 8.23. The van der Waals surface area contributed by atoms with Gasteiger partial charge in [-0.05, 0) is 49.9 Å². The molecule has 2 aromatic rings. The highest BCUT2D eigenvalue weighted by Gasteiger charge is 2.22. The van der Waals surface area contributed by atoms with Gasteiger partial charge in [0.25, 0.3) is 5.91 Å². The number of aromatic nitrogens is 2. The van der Waals surface area contributed by atoms with E-state index >= 15 is 0 Å². The Morgan fingerprint density at radius 3 is 3.00 bits per heavy atom.